The molecule has 0 spiro atoms. The molecule has 4 aromatic rings. The third-order valence-electron chi connectivity index (χ3n) is 6.55. The Hall–Kier alpha value is -4.52. The number of aryl methyl sites for hydroxylation is 2. The van der Waals surface area contributed by atoms with Crippen molar-refractivity contribution in [3.05, 3.63) is 107 Å². The van der Waals surface area contributed by atoms with Crippen LogP contribution in [0.3, 0.4) is 0 Å². The van der Waals surface area contributed by atoms with Crippen LogP contribution in [0.25, 0.3) is 16.9 Å². The number of para-hydroxylation sites is 1. The summed E-state index contributed by atoms with van der Waals surface area (Å²) in [5, 5.41) is 20.3. The number of benzene rings is 3. The van der Waals surface area contributed by atoms with E-state index >= 15 is 0 Å². The highest BCUT2D eigenvalue weighted by molar-refractivity contribution is 6.03. The number of hydrazone groups is 1. The van der Waals surface area contributed by atoms with Crippen molar-refractivity contribution in [1.82, 2.24) is 14.8 Å². The summed E-state index contributed by atoms with van der Waals surface area (Å²) in [6, 6.07) is 25.6. The van der Waals surface area contributed by atoms with E-state index in [9.17, 15) is 9.59 Å². The van der Waals surface area contributed by atoms with Crippen LogP contribution in [0, 0.1) is 13.8 Å². The molecule has 1 N–H and O–H groups in total. The van der Waals surface area contributed by atoms with Crippen molar-refractivity contribution in [3.63, 3.8) is 0 Å². The Labute approximate surface area is 215 Å². The van der Waals surface area contributed by atoms with E-state index < -0.39 is 12.0 Å². The monoisotopic (exact) mass is 492 g/mol. The fourth-order valence-corrected chi connectivity index (χ4v) is 4.51. The van der Waals surface area contributed by atoms with E-state index in [4.69, 9.17) is 15.3 Å². The Bertz CT molecular complexity index is 1460. The molecule has 37 heavy (non-hydrogen) atoms. The quantitative estimate of drug-likeness (QED) is 0.359. The van der Waals surface area contributed by atoms with Gasteiger partial charge in [0.15, 0.2) is 0 Å². The molecule has 0 unspecified atom stereocenters. The molecule has 7 nitrogen and oxygen atoms in total. The molecule has 0 saturated heterocycles. The third kappa shape index (κ3) is 5.21. The summed E-state index contributed by atoms with van der Waals surface area (Å²) in [4.78, 5) is 24.5. The van der Waals surface area contributed by atoms with Gasteiger partial charge in [0.05, 0.1) is 29.6 Å². The van der Waals surface area contributed by atoms with E-state index in [1.54, 1.807) is 0 Å². The lowest BCUT2D eigenvalue weighted by Crippen LogP contribution is -2.27. The molecule has 0 fully saturated rings. The van der Waals surface area contributed by atoms with Crippen LogP contribution >= 0.6 is 0 Å². The van der Waals surface area contributed by atoms with Crippen molar-refractivity contribution in [2.75, 3.05) is 0 Å². The first-order chi connectivity index (χ1) is 17.9. The summed E-state index contributed by atoms with van der Waals surface area (Å²) in [5.41, 5.74) is 7.49. The smallest absolute Gasteiger partial charge is 0.303 e. The fraction of sp³-hybridized carbons (Fsp3) is 0.200. The minimum Gasteiger partial charge on any atom is -0.481 e. The average molecular weight is 493 g/mol. The molecule has 5 rings (SSSR count). The largest absolute Gasteiger partial charge is 0.481 e. The Balaban J connectivity index is 1.60. The number of carbonyl (C=O) groups is 2. The summed E-state index contributed by atoms with van der Waals surface area (Å²) in [5.74, 6) is -1.33. The number of hydrogen-bond acceptors (Lipinski definition) is 4. The lowest BCUT2D eigenvalue weighted by molar-refractivity contribution is -0.141. The van der Waals surface area contributed by atoms with E-state index in [0.717, 1.165) is 44.9 Å². The number of carbonyl (C=O) groups excluding carboxylic acids is 1. The zero-order chi connectivity index (χ0) is 25.9. The topological polar surface area (TPSA) is 87.8 Å². The Morgan fingerprint density at radius 1 is 0.865 bits per heavy atom. The molecule has 0 radical (unpaired) electrons. The maximum absolute atomic E-state index is 13.3. The maximum atomic E-state index is 13.3. The first-order valence-corrected chi connectivity index (χ1v) is 12.3. The normalized spacial score (nSPS) is 15.0. The average Bonchev–Trinajstić information content (AvgIpc) is 3.54. The van der Waals surface area contributed by atoms with Gasteiger partial charge in [-0.25, -0.2) is 9.69 Å². The van der Waals surface area contributed by atoms with Gasteiger partial charge in [-0.1, -0.05) is 77.9 Å². The highest BCUT2D eigenvalue weighted by Crippen LogP contribution is 2.38. The Kier molecular flexibility index (Phi) is 6.68. The van der Waals surface area contributed by atoms with Crippen LogP contribution in [-0.4, -0.2) is 37.5 Å². The van der Waals surface area contributed by atoms with Gasteiger partial charge in [-0.2, -0.15) is 10.2 Å². The van der Waals surface area contributed by atoms with E-state index in [2.05, 4.69) is 0 Å². The van der Waals surface area contributed by atoms with Gasteiger partial charge in [0.2, 0.25) is 5.91 Å². The van der Waals surface area contributed by atoms with Crippen molar-refractivity contribution < 1.29 is 14.7 Å². The molecular formula is C30H28N4O3. The highest BCUT2D eigenvalue weighted by atomic mass is 16.4. The summed E-state index contributed by atoms with van der Waals surface area (Å²) < 4.78 is 1.83. The standard InChI is InChI=1S/C30H28N4O3/c1-20-8-12-22(13-9-20)26-18-27(34(31-26)28(35)16-17-29(36)37)25-19-33(24-6-4-3-5-7-24)32-30(25)23-14-10-21(2)11-15-23/h3-15,19,27H,16-18H2,1-2H3,(H,36,37)/t27-/m0/s1. The molecule has 0 saturated carbocycles. The zero-order valence-electron chi connectivity index (χ0n) is 20.8. The van der Waals surface area contributed by atoms with Crippen molar-refractivity contribution >= 4 is 17.6 Å². The van der Waals surface area contributed by atoms with Crippen molar-refractivity contribution in [2.45, 2.75) is 39.2 Å². The van der Waals surface area contributed by atoms with Gasteiger partial charge in [0.1, 0.15) is 0 Å². The minimum atomic E-state index is -1.01. The van der Waals surface area contributed by atoms with Crippen LogP contribution in [0.4, 0.5) is 0 Å². The molecule has 1 atom stereocenters. The van der Waals surface area contributed by atoms with Crippen molar-refractivity contribution in [1.29, 1.82) is 0 Å². The summed E-state index contributed by atoms with van der Waals surface area (Å²) in [7, 11) is 0. The summed E-state index contributed by atoms with van der Waals surface area (Å²) in [6.45, 7) is 4.06. The predicted octanol–water partition coefficient (Wildman–Crippen LogP) is 5.70. The number of aliphatic carboxylic acids is 1. The SMILES string of the molecule is Cc1ccc(C2=NN(C(=O)CCC(=O)O)[C@H](c3cn(-c4ccccc4)nc3-c3ccc(C)cc3)C2)cc1. The summed E-state index contributed by atoms with van der Waals surface area (Å²) in [6.07, 6.45) is 2.09. The first-order valence-electron chi connectivity index (χ1n) is 12.3. The molecule has 0 bridgehead atoms. The molecule has 1 amide bonds. The van der Waals surface area contributed by atoms with Gasteiger partial charge in [0.25, 0.3) is 0 Å². The van der Waals surface area contributed by atoms with Crippen LogP contribution in [0.1, 0.15) is 47.6 Å². The molecule has 1 aliphatic rings. The molecule has 0 aliphatic carbocycles. The lowest BCUT2D eigenvalue weighted by Gasteiger charge is -2.21. The third-order valence-corrected chi connectivity index (χ3v) is 6.55. The van der Waals surface area contributed by atoms with Gasteiger partial charge in [-0.15, -0.1) is 0 Å². The summed E-state index contributed by atoms with van der Waals surface area (Å²) >= 11 is 0. The molecule has 186 valence electrons. The van der Waals surface area contributed by atoms with Crippen LogP contribution in [-0.2, 0) is 9.59 Å². The molecule has 7 heteroatoms. The molecular weight excluding hydrogens is 464 g/mol. The van der Waals surface area contributed by atoms with E-state index in [0.29, 0.717) is 6.42 Å². The van der Waals surface area contributed by atoms with Crippen LogP contribution in [0.2, 0.25) is 0 Å². The van der Waals surface area contributed by atoms with Gasteiger partial charge in [-0.3, -0.25) is 9.59 Å². The van der Waals surface area contributed by atoms with Crippen LogP contribution in [0.5, 0.6) is 0 Å². The molecule has 1 aliphatic heterocycles. The lowest BCUT2D eigenvalue weighted by atomic mass is 9.95. The predicted molar refractivity (Wildman–Crippen MR) is 143 cm³/mol. The maximum Gasteiger partial charge on any atom is 0.303 e. The first kappa shape index (κ1) is 24.2. The second kappa shape index (κ2) is 10.2. The number of rotatable bonds is 7. The van der Waals surface area contributed by atoms with E-state index in [-0.39, 0.29) is 18.7 Å². The zero-order valence-corrected chi connectivity index (χ0v) is 20.8. The van der Waals surface area contributed by atoms with E-state index in [1.807, 2.05) is 104 Å². The molecule has 2 heterocycles. The van der Waals surface area contributed by atoms with Gasteiger partial charge < -0.3 is 5.11 Å². The molecule has 3 aromatic carbocycles. The molecule has 1 aromatic heterocycles. The number of carboxylic acids is 1. The minimum absolute atomic E-state index is 0.122. The van der Waals surface area contributed by atoms with Crippen molar-refractivity contribution in [3.8, 4) is 16.9 Å². The van der Waals surface area contributed by atoms with Crippen LogP contribution in [0.15, 0.2) is 90.2 Å². The Morgan fingerprint density at radius 2 is 1.49 bits per heavy atom. The van der Waals surface area contributed by atoms with Crippen molar-refractivity contribution in [2.24, 2.45) is 5.10 Å². The Morgan fingerprint density at radius 3 is 2.11 bits per heavy atom. The van der Waals surface area contributed by atoms with Gasteiger partial charge in [-0.05, 0) is 31.5 Å². The fourth-order valence-electron chi connectivity index (χ4n) is 4.51. The van der Waals surface area contributed by atoms with Gasteiger partial charge >= 0.3 is 5.97 Å². The van der Waals surface area contributed by atoms with Gasteiger partial charge in [0, 0.05) is 30.2 Å². The number of hydrogen-bond donors (Lipinski definition) is 1. The number of aromatic nitrogens is 2. The highest BCUT2D eigenvalue weighted by Gasteiger charge is 2.36. The number of carboxylic acid groups (broad SMARTS) is 1. The van der Waals surface area contributed by atoms with E-state index in [1.165, 1.54) is 5.01 Å². The number of amides is 1. The second-order valence-corrected chi connectivity index (χ2v) is 9.34. The van der Waals surface area contributed by atoms with Crippen LogP contribution < -0.4 is 0 Å². The number of nitrogens with zero attached hydrogens (tertiary/aromatic N) is 4. The second-order valence-electron chi connectivity index (χ2n) is 9.34.